The Labute approximate surface area is 106 Å². The van der Waals surface area contributed by atoms with Crippen molar-refractivity contribution in [1.82, 2.24) is 20.4 Å². The van der Waals surface area contributed by atoms with Crippen LogP contribution >= 0.6 is 0 Å². The predicted octanol–water partition coefficient (Wildman–Crippen LogP) is -0.239. The third-order valence-corrected chi connectivity index (χ3v) is 2.61. The molecule has 7 heteroatoms. The number of nitrogens with zero attached hydrogens (tertiary/aromatic N) is 2. The second kappa shape index (κ2) is 5.52. The van der Waals surface area contributed by atoms with Crippen LogP contribution in [0, 0.1) is 0 Å². The van der Waals surface area contributed by atoms with Crippen molar-refractivity contribution in [2.45, 2.75) is 26.3 Å². The summed E-state index contributed by atoms with van der Waals surface area (Å²) in [6, 6.07) is -0.617. The van der Waals surface area contributed by atoms with Gasteiger partial charge in [-0.05, 0) is 13.3 Å². The number of nitrogen functional groups attached to an aromatic ring is 1. The lowest BCUT2D eigenvalue weighted by molar-refractivity contribution is -0.130. The predicted molar refractivity (Wildman–Crippen MR) is 68.0 cm³/mol. The molecular formula is C11H19N5O2. The molecule has 0 fully saturated rings. The van der Waals surface area contributed by atoms with Gasteiger partial charge in [0.25, 0.3) is 5.91 Å². The van der Waals surface area contributed by atoms with Crippen LogP contribution in [-0.4, -0.2) is 47.0 Å². The molecule has 18 heavy (non-hydrogen) atoms. The fourth-order valence-electron chi connectivity index (χ4n) is 1.54. The summed E-state index contributed by atoms with van der Waals surface area (Å²) in [6.45, 7) is 3.52. The molecule has 0 spiro atoms. The first-order valence-corrected chi connectivity index (χ1v) is 5.73. The van der Waals surface area contributed by atoms with Gasteiger partial charge in [-0.2, -0.15) is 5.10 Å². The standard InChI is InChI=1S/C11H19N5O2/c1-5-7-8(12)9(15-14-7)10(17)13-6(2)11(18)16(3)4/h6H,5,12H2,1-4H3,(H,13,17)(H,14,15). The van der Waals surface area contributed by atoms with E-state index in [1.165, 1.54) is 4.90 Å². The molecule has 4 N–H and O–H groups in total. The highest BCUT2D eigenvalue weighted by atomic mass is 16.2. The minimum atomic E-state index is -0.617. The molecule has 7 nitrogen and oxygen atoms in total. The molecule has 0 aromatic carbocycles. The summed E-state index contributed by atoms with van der Waals surface area (Å²) in [5.41, 5.74) is 6.95. The van der Waals surface area contributed by atoms with Crippen LogP contribution in [0.4, 0.5) is 5.69 Å². The van der Waals surface area contributed by atoms with Crippen molar-refractivity contribution in [1.29, 1.82) is 0 Å². The Balaban J connectivity index is 2.77. The molecule has 0 bridgehead atoms. The number of nitrogens with one attached hydrogen (secondary N) is 2. The molecule has 0 saturated heterocycles. The van der Waals surface area contributed by atoms with Gasteiger partial charge in [-0.1, -0.05) is 6.92 Å². The molecular weight excluding hydrogens is 234 g/mol. The first kappa shape index (κ1) is 14.0. The quantitative estimate of drug-likeness (QED) is 0.688. The van der Waals surface area contributed by atoms with E-state index in [1.807, 2.05) is 6.92 Å². The summed E-state index contributed by atoms with van der Waals surface area (Å²) in [5.74, 6) is -0.640. The number of hydrogen-bond acceptors (Lipinski definition) is 4. The number of carbonyl (C=O) groups is 2. The van der Waals surface area contributed by atoms with Gasteiger partial charge in [0.05, 0.1) is 11.4 Å². The number of anilines is 1. The summed E-state index contributed by atoms with van der Waals surface area (Å²) >= 11 is 0. The van der Waals surface area contributed by atoms with E-state index in [9.17, 15) is 9.59 Å². The highest BCUT2D eigenvalue weighted by molar-refractivity contribution is 6.00. The second-order valence-electron chi connectivity index (χ2n) is 4.25. The van der Waals surface area contributed by atoms with Gasteiger partial charge in [0.1, 0.15) is 6.04 Å². The molecule has 2 amide bonds. The van der Waals surface area contributed by atoms with E-state index in [0.717, 1.165) is 0 Å². The average molecular weight is 253 g/mol. The maximum Gasteiger partial charge on any atom is 0.274 e. The third kappa shape index (κ3) is 2.79. The molecule has 1 atom stereocenters. The molecule has 1 aromatic rings. The minimum absolute atomic E-state index is 0.130. The van der Waals surface area contributed by atoms with Crippen molar-refractivity contribution in [3.05, 3.63) is 11.4 Å². The van der Waals surface area contributed by atoms with Crippen molar-refractivity contribution >= 4 is 17.5 Å². The smallest absolute Gasteiger partial charge is 0.274 e. The summed E-state index contributed by atoms with van der Waals surface area (Å²) in [7, 11) is 3.26. The SMILES string of the molecule is CCc1[nH]nc(C(=O)NC(C)C(=O)N(C)C)c1N. The van der Waals surface area contributed by atoms with Crippen LogP contribution < -0.4 is 11.1 Å². The maximum atomic E-state index is 11.9. The Bertz CT molecular complexity index is 452. The van der Waals surface area contributed by atoms with Crippen molar-refractivity contribution in [3.63, 3.8) is 0 Å². The zero-order valence-electron chi connectivity index (χ0n) is 11.1. The van der Waals surface area contributed by atoms with Gasteiger partial charge in [-0.3, -0.25) is 14.7 Å². The Hall–Kier alpha value is -2.05. The first-order chi connectivity index (χ1) is 8.38. The van der Waals surface area contributed by atoms with Gasteiger partial charge in [-0.15, -0.1) is 0 Å². The summed E-state index contributed by atoms with van der Waals surface area (Å²) in [4.78, 5) is 24.9. The van der Waals surface area contributed by atoms with Crippen molar-refractivity contribution in [3.8, 4) is 0 Å². The topological polar surface area (TPSA) is 104 Å². The van der Waals surface area contributed by atoms with E-state index >= 15 is 0 Å². The van der Waals surface area contributed by atoms with E-state index < -0.39 is 11.9 Å². The van der Waals surface area contributed by atoms with Crippen LogP contribution in [0.5, 0.6) is 0 Å². The lowest BCUT2D eigenvalue weighted by atomic mass is 10.2. The van der Waals surface area contributed by atoms with Crippen LogP contribution in [-0.2, 0) is 11.2 Å². The number of carbonyl (C=O) groups excluding carboxylic acids is 2. The first-order valence-electron chi connectivity index (χ1n) is 5.73. The van der Waals surface area contributed by atoms with E-state index in [4.69, 9.17) is 5.73 Å². The van der Waals surface area contributed by atoms with Crippen molar-refractivity contribution in [2.24, 2.45) is 0 Å². The van der Waals surface area contributed by atoms with Gasteiger partial charge in [-0.25, -0.2) is 0 Å². The van der Waals surface area contributed by atoms with E-state index in [2.05, 4.69) is 15.5 Å². The number of nitrogens with two attached hydrogens (primary N) is 1. The van der Waals surface area contributed by atoms with Crippen molar-refractivity contribution in [2.75, 3.05) is 19.8 Å². The molecule has 0 aliphatic rings. The van der Waals surface area contributed by atoms with Crippen molar-refractivity contribution < 1.29 is 9.59 Å². The van der Waals surface area contributed by atoms with Crippen LogP contribution in [0.3, 0.4) is 0 Å². The Morgan fingerprint density at radius 2 is 2.11 bits per heavy atom. The van der Waals surface area contributed by atoms with Gasteiger partial charge < -0.3 is 16.0 Å². The molecule has 1 rings (SSSR count). The van der Waals surface area contributed by atoms with Gasteiger partial charge in [0.15, 0.2) is 5.69 Å². The molecule has 0 radical (unpaired) electrons. The van der Waals surface area contributed by atoms with Gasteiger partial charge in [0, 0.05) is 14.1 Å². The number of hydrogen-bond donors (Lipinski definition) is 3. The van der Waals surface area contributed by atoms with E-state index in [1.54, 1.807) is 21.0 Å². The highest BCUT2D eigenvalue weighted by Crippen LogP contribution is 2.14. The summed E-state index contributed by atoms with van der Waals surface area (Å²) in [6.07, 6.45) is 0.665. The second-order valence-corrected chi connectivity index (χ2v) is 4.25. The van der Waals surface area contributed by atoms with Gasteiger partial charge >= 0.3 is 0 Å². The summed E-state index contributed by atoms with van der Waals surface area (Å²) < 4.78 is 0. The Morgan fingerprint density at radius 1 is 1.50 bits per heavy atom. The van der Waals surface area contributed by atoms with Crippen LogP contribution in [0.25, 0.3) is 0 Å². The number of aromatic amines is 1. The monoisotopic (exact) mass is 253 g/mol. The molecule has 100 valence electrons. The van der Waals surface area contributed by atoms with Crippen LogP contribution in [0.15, 0.2) is 0 Å². The number of H-pyrrole nitrogens is 1. The number of likely N-dealkylation sites (N-methyl/N-ethyl adjacent to an activating group) is 1. The number of aromatic nitrogens is 2. The number of amides is 2. The fraction of sp³-hybridized carbons (Fsp3) is 0.545. The summed E-state index contributed by atoms with van der Waals surface area (Å²) in [5, 5.41) is 9.12. The molecule has 0 aliphatic heterocycles. The van der Waals surface area contributed by atoms with E-state index in [-0.39, 0.29) is 11.6 Å². The zero-order valence-corrected chi connectivity index (χ0v) is 11.1. The van der Waals surface area contributed by atoms with Crippen LogP contribution in [0.1, 0.15) is 30.0 Å². The molecule has 0 saturated carbocycles. The lowest BCUT2D eigenvalue weighted by Crippen LogP contribution is -2.44. The maximum absolute atomic E-state index is 11.9. The molecule has 1 aromatic heterocycles. The number of rotatable bonds is 4. The van der Waals surface area contributed by atoms with Gasteiger partial charge in [0.2, 0.25) is 5.91 Å². The normalized spacial score (nSPS) is 12.0. The number of aryl methyl sites for hydroxylation is 1. The largest absolute Gasteiger partial charge is 0.395 e. The van der Waals surface area contributed by atoms with Crippen LogP contribution in [0.2, 0.25) is 0 Å². The minimum Gasteiger partial charge on any atom is -0.395 e. The molecule has 1 unspecified atom stereocenters. The molecule has 1 heterocycles. The third-order valence-electron chi connectivity index (χ3n) is 2.61. The lowest BCUT2D eigenvalue weighted by Gasteiger charge is -2.17. The molecule has 0 aliphatic carbocycles. The zero-order chi connectivity index (χ0) is 13.9. The average Bonchev–Trinajstić information content (AvgIpc) is 2.68. The Kier molecular flexibility index (Phi) is 4.30. The fourth-order valence-corrected chi connectivity index (χ4v) is 1.54. The highest BCUT2D eigenvalue weighted by Gasteiger charge is 2.22. The Morgan fingerprint density at radius 3 is 2.56 bits per heavy atom. The van der Waals surface area contributed by atoms with E-state index in [0.29, 0.717) is 17.8 Å².